The van der Waals surface area contributed by atoms with E-state index in [1.165, 1.54) is 5.39 Å². The summed E-state index contributed by atoms with van der Waals surface area (Å²) in [6.07, 6.45) is 7.55. The van der Waals surface area contributed by atoms with Crippen molar-refractivity contribution in [1.82, 2.24) is 24.5 Å². The first-order valence-corrected chi connectivity index (χ1v) is 12.1. The van der Waals surface area contributed by atoms with Crippen molar-refractivity contribution >= 4 is 27.5 Å². The maximum atomic E-state index is 13.0. The lowest BCUT2D eigenvalue weighted by atomic mass is 10.0. The fraction of sp³-hybridized carbons (Fsp3) is 0.138. The van der Waals surface area contributed by atoms with E-state index >= 15 is 0 Å². The number of nitrogens with zero attached hydrogens (tertiary/aromatic N) is 3. The van der Waals surface area contributed by atoms with E-state index < -0.39 is 0 Å². The Morgan fingerprint density at radius 1 is 1.08 bits per heavy atom. The van der Waals surface area contributed by atoms with Crippen LogP contribution in [0.1, 0.15) is 11.1 Å². The van der Waals surface area contributed by atoms with Crippen LogP contribution in [0.15, 0.2) is 90.4 Å². The van der Waals surface area contributed by atoms with Crippen LogP contribution in [0.25, 0.3) is 38.9 Å². The van der Waals surface area contributed by atoms with Gasteiger partial charge in [0.1, 0.15) is 11.4 Å². The van der Waals surface area contributed by atoms with Crippen LogP contribution in [0, 0.1) is 6.92 Å². The van der Waals surface area contributed by atoms with E-state index in [1.54, 1.807) is 24.8 Å². The molecule has 4 N–H and O–H groups in total. The van der Waals surface area contributed by atoms with Crippen molar-refractivity contribution in [3.05, 3.63) is 107 Å². The van der Waals surface area contributed by atoms with Gasteiger partial charge < -0.3 is 25.0 Å². The van der Waals surface area contributed by atoms with Gasteiger partial charge in [0.2, 0.25) is 0 Å². The number of aliphatic hydroxyl groups is 1. The van der Waals surface area contributed by atoms with Crippen molar-refractivity contribution in [1.29, 1.82) is 0 Å². The van der Waals surface area contributed by atoms with Crippen LogP contribution in [-0.2, 0) is 6.42 Å². The predicted octanol–water partition coefficient (Wildman–Crippen LogP) is 4.58. The Morgan fingerprint density at radius 3 is 2.76 bits per heavy atom. The highest BCUT2D eigenvalue weighted by atomic mass is 16.3. The van der Waals surface area contributed by atoms with E-state index in [4.69, 9.17) is 4.98 Å². The van der Waals surface area contributed by atoms with Crippen LogP contribution in [-0.4, -0.2) is 42.3 Å². The number of aromatic nitrogens is 5. The highest BCUT2D eigenvalue weighted by Crippen LogP contribution is 2.28. The van der Waals surface area contributed by atoms with E-state index in [1.807, 2.05) is 42.0 Å². The Balaban J connectivity index is 1.34. The maximum absolute atomic E-state index is 13.0. The van der Waals surface area contributed by atoms with Crippen molar-refractivity contribution in [3.63, 3.8) is 0 Å². The number of pyridine rings is 1. The van der Waals surface area contributed by atoms with Crippen LogP contribution >= 0.6 is 0 Å². The minimum absolute atomic E-state index is 0.0907. The molecular weight excluding hydrogens is 464 g/mol. The molecule has 6 aromatic rings. The number of H-pyrrole nitrogens is 2. The highest BCUT2D eigenvalue weighted by molar-refractivity contribution is 5.86. The number of anilines is 1. The molecule has 3 aromatic heterocycles. The average Bonchev–Trinajstić information content (AvgIpc) is 3.59. The Hall–Kier alpha value is -4.69. The monoisotopic (exact) mass is 490 g/mol. The van der Waals surface area contributed by atoms with Gasteiger partial charge in [-0.05, 0) is 53.4 Å². The summed E-state index contributed by atoms with van der Waals surface area (Å²) < 4.78 is 1.92. The Bertz CT molecular complexity index is 1770. The molecule has 184 valence electrons. The second kappa shape index (κ2) is 9.40. The smallest absolute Gasteiger partial charge is 0.261 e. The number of imidazole rings is 2. The van der Waals surface area contributed by atoms with Crippen LogP contribution in [0.3, 0.4) is 0 Å². The first-order chi connectivity index (χ1) is 18.1. The van der Waals surface area contributed by atoms with Crippen LogP contribution in [0.4, 0.5) is 5.69 Å². The molecule has 1 atom stereocenters. The summed E-state index contributed by atoms with van der Waals surface area (Å²) in [5, 5.41) is 15.9. The van der Waals surface area contributed by atoms with E-state index in [0.717, 1.165) is 33.2 Å². The van der Waals surface area contributed by atoms with Crippen molar-refractivity contribution in [3.8, 4) is 17.1 Å². The number of benzene rings is 3. The lowest BCUT2D eigenvalue weighted by Crippen LogP contribution is -2.28. The summed E-state index contributed by atoms with van der Waals surface area (Å²) in [6.45, 7) is 1.90. The highest BCUT2D eigenvalue weighted by Gasteiger charge is 2.18. The number of hydrogen-bond acceptors (Lipinski definition) is 5. The number of aryl methyl sites for hydroxylation is 1. The topological polar surface area (TPSA) is 112 Å². The zero-order valence-electron chi connectivity index (χ0n) is 20.3. The number of fused-ring (bicyclic) bond motifs is 2. The average molecular weight is 491 g/mol. The standard InChI is InChI=1S/C29H26N6O2/c1-18-12-23(35-11-10-30-17-35)15-25-27(18)34-28(33-25)26-24(8-9-31-29(26)37)32-22(16-36)14-19-6-7-20-4-2-3-5-21(20)13-19/h2-13,15,17,22,36H,14,16H2,1H3,(H,33,34)(H2,31,32,37). The van der Waals surface area contributed by atoms with Crippen LogP contribution < -0.4 is 10.9 Å². The van der Waals surface area contributed by atoms with Gasteiger partial charge in [-0.15, -0.1) is 0 Å². The minimum Gasteiger partial charge on any atom is -0.394 e. The van der Waals surface area contributed by atoms with Crippen molar-refractivity contribution in [2.24, 2.45) is 0 Å². The number of rotatable bonds is 7. The second-order valence-corrected chi connectivity index (χ2v) is 9.22. The first kappa shape index (κ1) is 22.8. The van der Waals surface area contributed by atoms with E-state index in [0.29, 0.717) is 23.5 Å². The molecule has 0 amide bonds. The summed E-state index contributed by atoms with van der Waals surface area (Å²) in [4.78, 5) is 28.0. The third-order valence-electron chi connectivity index (χ3n) is 6.64. The molecule has 6 rings (SSSR count). The zero-order chi connectivity index (χ0) is 25.4. The maximum Gasteiger partial charge on any atom is 0.261 e. The summed E-state index contributed by atoms with van der Waals surface area (Å²) in [5.74, 6) is 0.465. The number of hydrogen-bond donors (Lipinski definition) is 4. The van der Waals surface area contributed by atoms with E-state index in [9.17, 15) is 9.90 Å². The van der Waals surface area contributed by atoms with Gasteiger partial charge in [-0.25, -0.2) is 9.97 Å². The molecule has 0 aliphatic heterocycles. The molecule has 3 aromatic carbocycles. The lowest BCUT2D eigenvalue weighted by molar-refractivity contribution is 0.274. The molecule has 0 aliphatic rings. The minimum atomic E-state index is -0.291. The van der Waals surface area contributed by atoms with Crippen molar-refractivity contribution < 1.29 is 5.11 Å². The molecule has 8 heteroatoms. The number of aromatic amines is 2. The summed E-state index contributed by atoms with van der Waals surface area (Å²) in [6, 6.07) is 20.0. The quantitative estimate of drug-likeness (QED) is 0.262. The van der Waals surface area contributed by atoms with Crippen molar-refractivity contribution in [2.45, 2.75) is 19.4 Å². The summed E-state index contributed by atoms with van der Waals surface area (Å²) in [5.41, 5.74) is 5.39. The molecule has 0 bridgehead atoms. The van der Waals surface area contributed by atoms with Gasteiger partial charge >= 0.3 is 0 Å². The normalized spacial score (nSPS) is 12.3. The second-order valence-electron chi connectivity index (χ2n) is 9.22. The molecule has 0 spiro atoms. The van der Waals surface area contributed by atoms with Gasteiger partial charge in [0.25, 0.3) is 5.56 Å². The van der Waals surface area contributed by atoms with Gasteiger partial charge in [-0.2, -0.15) is 0 Å². The third-order valence-corrected chi connectivity index (χ3v) is 6.64. The molecule has 37 heavy (non-hydrogen) atoms. The molecule has 0 aliphatic carbocycles. The Morgan fingerprint density at radius 2 is 1.95 bits per heavy atom. The fourth-order valence-corrected chi connectivity index (χ4v) is 4.82. The lowest BCUT2D eigenvalue weighted by Gasteiger charge is -2.19. The molecule has 0 radical (unpaired) electrons. The Labute approximate surface area is 212 Å². The molecule has 3 heterocycles. The zero-order valence-corrected chi connectivity index (χ0v) is 20.3. The van der Waals surface area contributed by atoms with Crippen LogP contribution in [0.5, 0.6) is 0 Å². The molecule has 0 fully saturated rings. The van der Waals surface area contributed by atoms with E-state index in [-0.39, 0.29) is 18.2 Å². The number of aliphatic hydroxyl groups excluding tert-OH is 1. The molecule has 0 saturated carbocycles. The molecule has 8 nitrogen and oxygen atoms in total. The fourth-order valence-electron chi connectivity index (χ4n) is 4.82. The van der Waals surface area contributed by atoms with E-state index in [2.05, 4.69) is 50.6 Å². The third kappa shape index (κ3) is 4.39. The Kier molecular flexibility index (Phi) is 5.78. The molecule has 0 saturated heterocycles. The number of nitrogens with one attached hydrogen (secondary N) is 3. The SMILES string of the molecule is Cc1cc(-n2ccnc2)cc2[nH]c(-c3c(NC(CO)Cc4ccc5ccccc5c4)cc[nH]c3=O)nc12. The first-order valence-electron chi connectivity index (χ1n) is 12.1. The van der Waals surface area contributed by atoms with Gasteiger partial charge in [-0.3, -0.25) is 4.79 Å². The van der Waals surface area contributed by atoms with Crippen LogP contribution in [0.2, 0.25) is 0 Å². The summed E-state index contributed by atoms with van der Waals surface area (Å²) >= 11 is 0. The predicted molar refractivity (Wildman–Crippen MR) is 146 cm³/mol. The van der Waals surface area contributed by atoms with Gasteiger partial charge in [0, 0.05) is 24.3 Å². The summed E-state index contributed by atoms with van der Waals surface area (Å²) in [7, 11) is 0. The van der Waals surface area contributed by atoms with Gasteiger partial charge in [0.15, 0.2) is 0 Å². The van der Waals surface area contributed by atoms with Gasteiger partial charge in [0.05, 0.1) is 35.7 Å². The molecule has 1 unspecified atom stereocenters. The molecular formula is C29H26N6O2. The largest absolute Gasteiger partial charge is 0.394 e. The van der Waals surface area contributed by atoms with Crippen molar-refractivity contribution in [2.75, 3.05) is 11.9 Å². The van der Waals surface area contributed by atoms with Gasteiger partial charge in [-0.1, -0.05) is 42.5 Å².